The first-order chi connectivity index (χ1) is 13.0. The molecule has 0 saturated heterocycles. The smallest absolute Gasteiger partial charge is 0.273 e. The van der Waals surface area contributed by atoms with Crippen LogP contribution < -0.4 is 5.32 Å². The normalized spacial score (nSPS) is 31.3. The van der Waals surface area contributed by atoms with E-state index in [0.29, 0.717) is 22.5 Å². The van der Waals surface area contributed by atoms with E-state index in [0.717, 1.165) is 24.3 Å². The van der Waals surface area contributed by atoms with Gasteiger partial charge in [-0.3, -0.25) is 4.79 Å². The lowest BCUT2D eigenvalue weighted by Gasteiger charge is -2.56. The minimum absolute atomic E-state index is 0.156. The first-order valence-electron chi connectivity index (χ1n) is 9.98. The Labute approximate surface area is 158 Å². The zero-order chi connectivity index (χ0) is 18.6. The Balaban J connectivity index is 1.30. The van der Waals surface area contributed by atoms with Crippen LogP contribution >= 0.6 is 0 Å². The van der Waals surface area contributed by atoms with E-state index in [1.165, 1.54) is 50.7 Å². The molecule has 0 spiro atoms. The van der Waals surface area contributed by atoms with Gasteiger partial charge in [-0.15, -0.1) is 5.10 Å². The van der Waals surface area contributed by atoms with Crippen LogP contribution in [-0.4, -0.2) is 27.4 Å². The Kier molecular flexibility index (Phi) is 3.85. The van der Waals surface area contributed by atoms with Gasteiger partial charge in [0.2, 0.25) is 0 Å². The Bertz CT molecular complexity index is 838. The molecular formula is C21H25FN4O. The van der Waals surface area contributed by atoms with Gasteiger partial charge in [0, 0.05) is 6.54 Å². The van der Waals surface area contributed by atoms with E-state index in [1.807, 2.05) is 6.92 Å². The maximum atomic E-state index is 13.1. The molecule has 4 saturated carbocycles. The molecule has 1 heterocycles. The fraction of sp³-hybridized carbons (Fsp3) is 0.571. The van der Waals surface area contributed by atoms with E-state index < -0.39 is 0 Å². The van der Waals surface area contributed by atoms with Gasteiger partial charge in [0.25, 0.3) is 5.91 Å². The average Bonchev–Trinajstić information content (AvgIpc) is 3.01. The summed E-state index contributed by atoms with van der Waals surface area (Å²) in [5.41, 5.74) is 2.01. The Morgan fingerprint density at radius 1 is 1.15 bits per heavy atom. The summed E-state index contributed by atoms with van der Waals surface area (Å²) in [7, 11) is 0. The first kappa shape index (κ1) is 16.9. The minimum Gasteiger partial charge on any atom is -0.350 e. The maximum absolute atomic E-state index is 13.1. The predicted octanol–water partition coefficient (Wildman–Crippen LogP) is 3.66. The van der Waals surface area contributed by atoms with Gasteiger partial charge in [-0.05, 0) is 92.9 Å². The van der Waals surface area contributed by atoms with Gasteiger partial charge in [-0.1, -0.05) is 5.21 Å². The lowest BCUT2D eigenvalue weighted by Crippen LogP contribution is -2.51. The molecule has 142 valence electrons. The van der Waals surface area contributed by atoms with Crippen LogP contribution in [0.5, 0.6) is 0 Å². The molecule has 0 unspecified atom stereocenters. The summed E-state index contributed by atoms with van der Waals surface area (Å²) in [5.74, 6) is 2.15. The summed E-state index contributed by atoms with van der Waals surface area (Å²) < 4.78 is 14.7. The van der Waals surface area contributed by atoms with Gasteiger partial charge < -0.3 is 5.32 Å². The van der Waals surface area contributed by atoms with E-state index in [9.17, 15) is 9.18 Å². The van der Waals surface area contributed by atoms with E-state index in [2.05, 4.69) is 15.6 Å². The summed E-state index contributed by atoms with van der Waals surface area (Å²) in [6, 6.07) is 6.02. The van der Waals surface area contributed by atoms with Crippen LogP contribution in [-0.2, 0) is 0 Å². The second-order valence-electron chi connectivity index (χ2n) is 9.01. The maximum Gasteiger partial charge on any atom is 0.273 e. The Morgan fingerprint density at radius 3 is 2.33 bits per heavy atom. The molecule has 4 fully saturated rings. The van der Waals surface area contributed by atoms with Crippen molar-refractivity contribution in [1.29, 1.82) is 0 Å². The van der Waals surface area contributed by atoms with Gasteiger partial charge in [0.05, 0.1) is 11.4 Å². The number of carbonyl (C=O) groups is 1. The van der Waals surface area contributed by atoms with Crippen LogP contribution in [0.3, 0.4) is 0 Å². The molecule has 1 N–H and O–H groups in total. The van der Waals surface area contributed by atoms with Crippen molar-refractivity contribution < 1.29 is 9.18 Å². The predicted molar refractivity (Wildman–Crippen MR) is 99.0 cm³/mol. The van der Waals surface area contributed by atoms with Crippen molar-refractivity contribution >= 4 is 5.91 Å². The van der Waals surface area contributed by atoms with Crippen molar-refractivity contribution in [2.75, 3.05) is 6.54 Å². The summed E-state index contributed by atoms with van der Waals surface area (Å²) >= 11 is 0. The van der Waals surface area contributed by atoms with Gasteiger partial charge in [0.1, 0.15) is 5.82 Å². The third kappa shape index (κ3) is 2.95. The topological polar surface area (TPSA) is 59.8 Å². The fourth-order valence-electron chi connectivity index (χ4n) is 6.22. The number of halogens is 1. The van der Waals surface area contributed by atoms with Crippen molar-refractivity contribution in [3.8, 4) is 5.69 Å². The van der Waals surface area contributed by atoms with Gasteiger partial charge in [0.15, 0.2) is 5.69 Å². The Hall–Kier alpha value is -2.24. The number of nitrogens with zero attached hydrogens (tertiary/aromatic N) is 3. The monoisotopic (exact) mass is 368 g/mol. The molecule has 5 nitrogen and oxygen atoms in total. The highest BCUT2D eigenvalue weighted by atomic mass is 19.1. The quantitative estimate of drug-likeness (QED) is 0.896. The van der Waals surface area contributed by atoms with Crippen LogP contribution in [0, 0.1) is 35.9 Å². The zero-order valence-corrected chi connectivity index (χ0v) is 15.6. The van der Waals surface area contributed by atoms with Crippen molar-refractivity contribution in [2.45, 2.75) is 45.4 Å². The standard InChI is InChI=1S/C21H25FN4O/c1-13-19(24-25-26(13)18-4-2-17(22)3-5-18)20(27)23-12-21-9-14-6-15(10-21)8-16(7-14)11-21/h2-5,14-16H,6-12H2,1H3,(H,23,27). The first-order valence-corrected chi connectivity index (χ1v) is 9.98. The SMILES string of the molecule is Cc1c(C(=O)NCC23CC4CC(CC(C4)C2)C3)nnn1-c1ccc(F)cc1. The molecule has 6 rings (SSSR count). The molecule has 27 heavy (non-hydrogen) atoms. The molecule has 6 heteroatoms. The van der Waals surface area contributed by atoms with E-state index >= 15 is 0 Å². The number of hydrogen-bond donors (Lipinski definition) is 1. The molecule has 1 aromatic carbocycles. The van der Waals surface area contributed by atoms with Crippen LogP contribution in [0.4, 0.5) is 4.39 Å². The number of carbonyl (C=O) groups excluding carboxylic acids is 1. The van der Waals surface area contributed by atoms with Gasteiger partial charge >= 0.3 is 0 Å². The number of aromatic nitrogens is 3. The number of benzene rings is 1. The molecule has 4 aliphatic rings. The molecule has 0 aliphatic heterocycles. The molecule has 0 radical (unpaired) electrons. The lowest BCUT2D eigenvalue weighted by atomic mass is 9.49. The lowest BCUT2D eigenvalue weighted by molar-refractivity contribution is -0.0503. The second kappa shape index (κ2) is 6.14. The number of nitrogens with one attached hydrogen (secondary N) is 1. The largest absolute Gasteiger partial charge is 0.350 e. The van der Waals surface area contributed by atoms with Crippen LogP contribution in [0.1, 0.15) is 54.7 Å². The third-order valence-corrected chi connectivity index (χ3v) is 6.97. The molecular weight excluding hydrogens is 343 g/mol. The van der Waals surface area contributed by atoms with Crippen LogP contribution in [0.25, 0.3) is 5.69 Å². The van der Waals surface area contributed by atoms with Crippen LogP contribution in [0.15, 0.2) is 24.3 Å². The minimum atomic E-state index is -0.301. The summed E-state index contributed by atoms with van der Waals surface area (Å²) in [5, 5.41) is 11.3. The fourth-order valence-corrected chi connectivity index (χ4v) is 6.22. The Morgan fingerprint density at radius 2 is 1.74 bits per heavy atom. The van der Waals surface area contributed by atoms with E-state index in [4.69, 9.17) is 0 Å². The van der Waals surface area contributed by atoms with Crippen LogP contribution in [0.2, 0.25) is 0 Å². The van der Waals surface area contributed by atoms with Gasteiger partial charge in [-0.2, -0.15) is 0 Å². The summed E-state index contributed by atoms with van der Waals surface area (Å²) in [6.07, 6.45) is 8.00. The zero-order valence-electron chi connectivity index (χ0n) is 15.6. The highest BCUT2D eigenvalue weighted by Gasteiger charge is 2.50. The van der Waals surface area contributed by atoms with Crippen molar-refractivity contribution in [3.05, 3.63) is 41.5 Å². The second-order valence-corrected chi connectivity index (χ2v) is 9.01. The summed E-state index contributed by atoms with van der Waals surface area (Å²) in [4.78, 5) is 12.8. The summed E-state index contributed by atoms with van der Waals surface area (Å²) in [6.45, 7) is 2.57. The van der Waals surface area contributed by atoms with Crippen molar-refractivity contribution in [3.63, 3.8) is 0 Å². The molecule has 4 aliphatic carbocycles. The van der Waals surface area contributed by atoms with Crippen molar-refractivity contribution in [1.82, 2.24) is 20.3 Å². The third-order valence-electron chi connectivity index (χ3n) is 6.97. The van der Waals surface area contributed by atoms with E-state index in [-0.39, 0.29) is 11.7 Å². The van der Waals surface area contributed by atoms with Gasteiger partial charge in [-0.25, -0.2) is 9.07 Å². The number of hydrogen-bond acceptors (Lipinski definition) is 3. The number of rotatable bonds is 4. The van der Waals surface area contributed by atoms with E-state index in [1.54, 1.807) is 16.8 Å². The highest BCUT2D eigenvalue weighted by Crippen LogP contribution is 2.59. The number of amides is 1. The molecule has 1 aromatic heterocycles. The molecule has 0 atom stereocenters. The molecule has 1 amide bonds. The molecule has 4 bridgehead atoms. The van der Waals surface area contributed by atoms with Crippen molar-refractivity contribution in [2.24, 2.45) is 23.2 Å². The average molecular weight is 368 g/mol. The molecule has 2 aromatic rings. The highest BCUT2D eigenvalue weighted by molar-refractivity contribution is 5.93.